The Bertz CT molecular complexity index is 929. The molecule has 1 N–H and O–H groups in total. The number of carbonyl (C=O) groups excluding carboxylic acids is 2. The van der Waals surface area contributed by atoms with E-state index in [2.05, 4.69) is 10.4 Å². The number of benzene rings is 2. The number of carbonyl (C=O) groups is 2. The summed E-state index contributed by atoms with van der Waals surface area (Å²) in [6, 6.07) is 18.2. The standard InChI is InChI=1S/C21H22N4O2S/c1-24(15-19(26)23-17-11-6-7-12-18(17)28-2)21(27)20(25-14-8-13-22-25)16-9-4-3-5-10-16/h3-14,20H,15H2,1-2H3,(H,23,26). The Morgan fingerprint density at radius 2 is 1.82 bits per heavy atom. The summed E-state index contributed by atoms with van der Waals surface area (Å²) in [5.74, 6) is -0.451. The van der Waals surface area contributed by atoms with Crippen molar-refractivity contribution in [2.24, 2.45) is 0 Å². The summed E-state index contributed by atoms with van der Waals surface area (Å²) in [5.41, 5.74) is 1.56. The highest BCUT2D eigenvalue weighted by Crippen LogP contribution is 2.24. The van der Waals surface area contributed by atoms with E-state index < -0.39 is 6.04 Å². The Labute approximate surface area is 168 Å². The molecule has 28 heavy (non-hydrogen) atoms. The zero-order chi connectivity index (χ0) is 19.9. The van der Waals surface area contributed by atoms with Gasteiger partial charge in [0.1, 0.15) is 0 Å². The van der Waals surface area contributed by atoms with Crippen LogP contribution in [0.5, 0.6) is 0 Å². The third-order valence-corrected chi connectivity index (χ3v) is 5.07. The van der Waals surface area contributed by atoms with Gasteiger partial charge in [-0.2, -0.15) is 5.10 Å². The molecule has 2 amide bonds. The van der Waals surface area contributed by atoms with Gasteiger partial charge in [-0.1, -0.05) is 42.5 Å². The Morgan fingerprint density at radius 1 is 1.11 bits per heavy atom. The number of para-hydroxylation sites is 1. The van der Waals surface area contributed by atoms with Crippen LogP contribution in [0.2, 0.25) is 0 Å². The van der Waals surface area contributed by atoms with Crippen LogP contribution in [-0.2, 0) is 9.59 Å². The van der Waals surface area contributed by atoms with Crippen molar-refractivity contribution in [3.8, 4) is 0 Å². The molecule has 0 spiro atoms. The van der Waals surface area contributed by atoms with Gasteiger partial charge in [-0.15, -0.1) is 11.8 Å². The Kier molecular flexibility index (Phi) is 6.49. The highest BCUT2D eigenvalue weighted by atomic mass is 32.2. The van der Waals surface area contributed by atoms with Crippen LogP contribution in [0.25, 0.3) is 0 Å². The second kappa shape index (κ2) is 9.23. The number of thioether (sulfide) groups is 1. The molecule has 0 saturated heterocycles. The van der Waals surface area contributed by atoms with Crippen molar-refractivity contribution in [1.29, 1.82) is 0 Å². The van der Waals surface area contributed by atoms with Gasteiger partial charge in [-0.25, -0.2) is 0 Å². The fraction of sp³-hybridized carbons (Fsp3) is 0.190. The maximum Gasteiger partial charge on any atom is 0.252 e. The van der Waals surface area contributed by atoms with Crippen molar-refractivity contribution in [1.82, 2.24) is 14.7 Å². The van der Waals surface area contributed by atoms with Gasteiger partial charge < -0.3 is 10.2 Å². The highest BCUT2D eigenvalue weighted by Gasteiger charge is 2.27. The molecule has 3 rings (SSSR count). The summed E-state index contributed by atoms with van der Waals surface area (Å²) in [7, 11) is 1.63. The molecule has 1 atom stereocenters. The predicted octanol–water partition coefficient (Wildman–Crippen LogP) is 3.29. The maximum absolute atomic E-state index is 13.1. The first-order valence-electron chi connectivity index (χ1n) is 8.82. The molecule has 6 nitrogen and oxygen atoms in total. The van der Waals surface area contributed by atoms with Gasteiger partial charge in [0.25, 0.3) is 5.91 Å². The van der Waals surface area contributed by atoms with Crippen LogP contribution in [0.3, 0.4) is 0 Å². The van der Waals surface area contributed by atoms with Crippen molar-refractivity contribution >= 4 is 29.3 Å². The monoisotopic (exact) mass is 394 g/mol. The van der Waals surface area contributed by atoms with Gasteiger partial charge in [0.15, 0.2) is 6.04 Å². The molecule has 0 aliphatic heterocycles. The lowest BCUT2D eigenvalue weighted by molar-refractivity contribution is -0.135. The minimum Gasteiger partial charge on any atom is -0.334 e. The van der Waals surface area contributed by atoms with Crippen LogP contribution in [0.1, 0.15) is 11.6 Å². The van der Waals surface area contributed by atoms with Gasteiger partial charge in [0, 0.05) is 24.3 Å². The van der Waals surface area contributed by atoms with E-state index in [4.69, 9.17) is 0 Å². The van der Waals surface area contributed by atoms with E-state index in [1.165, 1.54) is 4.90 Å². The number of hydrogen-bond acceptors (Lipinski definition) is 4. The first-order valence-corrected chi connectivity index (χ1v) is 10.0. The van der Waals surface area contributed by atoms with E-state index in [-0.39, 0.29) is 18.4 Å². The average molecular weight is 394 g/mol. The van der Waals surface area contributed by atoms with Gasteiger partial charge >= 0.3 is 0 Å². The summed E-state index contributed by atoms with van der Waals surface area (Å²) >= 11 is 1.56. The average Bonchev–Trinajstić information content (AvgIpc) is 3.23. The molecule has 0 saturated carbocycles. The predicted molar refractivity (Wildman–Crippen MR) is 111 cm³/mol. The lowest BCUT2D eigenvalue weighted by Gasteiger charge is -2.24. The minimum atomic E-state index is -0.618. The number of hydrogen-bond donors (Lipinski definition) is 1. The fourth-order valence-corrected chi connectivity index (χ4v) is 3.47. The van der Waals surface area contributed by atoms with Crippen LogP contribution >= 0.6 is 11.8 Å². The van der Waals surface area contributed by atoms with Gasteiger partial charge in [0.2, 0.25) is 5.91 Å². The summed E-state index contributed by atoms with van der Waals surface area (Å²) < 4.78 is 1.61. The zero-order valence-electron chi connectivity index (χ0n) is 15.8. The van der Waals surface area contributed by atoms with E-state index in [0.717, 1.165) is 16.1 Å². The van der Waals surface area contributed by atoms with Crippen molar-refractivity contribution in [2.75, 3.05) is 25.2 Å². The normalized spacial score (nSPS) is 11.6. The number of amides is 2. The van der Waals surface area contributed by atoms with Crippen molar-refractivity contribution < 1.29 is 9.59 Å². The third-order valence-electron chi connectivity index (χ3n) is 4.28. The lowest BCUT2D eigenvalue weighted by Crippen LogP contribution is -2.40. The number of nitrogens with zero attached hydrogens (tertiary/aromatic N) is 3. The fourth-order valence-electron chi connectivity index (χ4n) is 2.92. The van der Waals surface area contributed by atoms with Crippen LogP contribution in [0.15, 0.2) is 78.0 Å². The molecule has 2 aromatic carbocycles. The summed E-state index contributed by atoms with van der Waals surface area (Å²) in [6.45, 7) is -0.0495. The molecule has 1 heterocycles. The van der Waals surface area contributed by atoms with E-state index in [1.807, 2.05) is 60.9 Å². The summed E-state index contributed by atoms with van der Waals surface area (Å²) in [5, 5.41) is 7.12. The summed E-state index contributed by atoms with van der Waals surface area (Å²) in [4.78, 5) is 28.0. The van der Waals surface area contributed by atoms with Gasteiger partial charge in [-0.3, -0.25) is 14.3 Å². The van der Waals surface area contributed by atoms with Gasteiger partial charge in [0.05, 0.1) is 12.2 Å². The van der Waals surface area contributed by atoms with Crippen LogP contribution < -0.4 is 5.32 Å². The molecule has 0 bridgehead atoms. The molecule has 0 fully saturated rings. The van der Waals surface area contributed by atoms with E-state index in [1.54, 1.807) is 42.0 Å². The van der Waals surface area contributed by atoms with Crippen molar-refractivity contribution in [3.05, 3.63) is 78.6 Å². The minimum absolute atomic E-state index is 0.0495. The quantitative estimate of drug-likeness (QED) is 0.625. The molecule has 0 aliphatic carbocycles. The van der Waals surface area contributed by atoms with Crippen molar-refractivity contribution in [2.45, 2.75) is 10.9 Å². The second-order valence-corrected chi connectivity index (χ2v) is 7.09. The first-order chi connectivity index (χ1) is 13.6. The molecule has 0 radical (unpaired) electrons. The molecule has 0 aliphatic rings. The maximum atomic E-state index is 13.1. The van der Waals surface area contributed by atoms with Crippen LogP contribution in [0, 0.1) is 0 Å². The molecule has 7 heteroatoms. The Morgan fingerprint density at radius 3 is 2.50 bits per heavy atom. The molecular formula is C21H22N4O2S. The number of rotatable bonds is 7. The largest absolute Gasteiger partial charge is 0.334 e. The van der Waals surface area contributed by atoms with E-state index in [0.29, 0.717) is 0 Å². The van der Waals surface area contributed by atoms with E-state index in [9.17, 15) is 9.59 Å². The van der Waals surface area contributed by atoms with Crippen LogP contribution in [0.4, 0.5) is 5.69 Å². The van der Waals surface area contributed by atoms with Crippen molar-refractivity contribution in [3.63, 3.8) is 0 Å². The SMILES string of the molecule is CSc1ccccc1NC(=O)CN(C)C(=O)C(c1ccccc1)n1cccn1. The number of anilines is 1. The molecular weight excluding hydrogens is 372 g/mol. The van der Waals surface area contributed by atoms with Gasteiger partial charge in [-0.05, 0) is 30.0 Å². The smallest absolute Gasteiger partial charge is 0.252 e. The van der Waals surface area contributed by atoms with E-state index >= 15 is 0 Å². The molecule has 1 unspecified atom stereocenters. The second-order valence-electron chi connectivity index (χ2n) is 6.24. The first kappa shape index (κ1) is 19.7. The third kappa shape index (κ3) is 4.61. The zero-order valence-corrected chi connectivity index (χ0v) is 16.6. The number of likely N-dealkylation sites (N-methyl/N-ethyl adjacent to an activating group) is 1. The number of aromatic nitrogens is 2. The number of nitrogens with one attached hydrogen (secondary N) is 1. The molecule has 1 aromatic heterocycles. The lowest BCUT2D eigenvalue weighted by atomic mass is 10.1. The Balaban J connectivity index is 1.74. The molecule has 3 aromatic rings. The Hall–Kier alpha value is -3.06. The highest BCUT2D eigenvalue weighted by molar-refractivity contribution is 7.98. The molecule has 144 valence electrons. The van der Waals surface area contributed by atoms with Crippen LogP contribution in [-0.4, -0.2) is 46.3 Å². The summed E-state index contributed by atoms with van der Waals surface area (Å²) in [6.07, 6.45) is 5.34. The topological polar surface area (TPSA) is 67.2 Å².